The molecule has 1 atom stereocenters. The summed E-state index contributed by atoms with van der Waals surface area (Å²) < 4.78 is 0. The van der Waals surface area contributed by atoms with Crippen molar-refractivity contribution in [3.63, 3.8) is 0 Å². The van der Waals surface area contributed by atoms with Gasteiger partial charge in [0.05, 0.1) is 5.84 Å². The molecule has 2 heteroatoms. The molecule has 0 heterocycles. The first kappa shape index (κ1) is 11.5. The van der Waals surface area contributed by atoms with Crippen LogP contribution >= 0.6 is 0 Å². The van der Waals surface area contributed by atoms with E-state index < -0.39 is 0 Å². The van der Waals surface area contributed by atoms with Crippen molar-refractivity contribution in [2.75, 3.05) is 7.05 Å². The van der Waals surface area contributed by atoms with Crippen LogP contribution in [0.3, 0.4) is 0 Å². The van der Waals surface area contributed by atoms with E-state index in [1.54, 1.807) is 0 Å². The minimum atomic E-state index is 0.359. The summed E-state index contributed by atoms with van der Waals surface area (Å²) in [6, 6.07) is 0.429. The van der Waals surface area contributed by atoms with Crippen LogP contribution in [0, 0.1) is 17.2 Å². The molecule has 0 saturated carbocycles. The number of nitrogens with one attached hydrogen (secondary N) is 1. The first-order valence-corrected chi connectivity index (χ1v) is 4.69. The molecule has 2 nitrogen and oxygen atoms in total. The third-order valence-corrected chi connectivity index (χ3v) is 2.59. The van der Waals surface area contributed by atoms with Gasteiger partial charge in [-0.15, -0.1) is 0 Å². The quantitative estimate of drug-likeness (QED) is 0.511. The summed E-state index contributed by atoms with van der Waals surface area (Å²) in [6.45, 7) is 10.7. The summed E-state index contributed by atoms with van der Waals surface area (Å²) >= 11 is 0. The summed E-state index contributed by atoms with van der Waals surface area (Å²) in [5.74, 6) is 1.66. The largest absolute Gasteiger partial charge is 0.361 e. The number of hydrogen-bond donors (Lipinski definition) is 1. The molecule has 0 aliphatic heterocycles. The fourth-order valence-electron chi connectivity index (χ4n) is 0.915. The van der Waals surface area contributed by atoms with Gasteiger partial charge in [0, 0.05) is 19.0 Å². The lowest BCUT2D eigenvalue weighted by Gasteiger charge is -2.29. The Labute approximate surface area is 76.5 Å². The fraction of sp³-hybridized carbons (Fsp3) is 0.900. The van der Waals surface area contributed by atoms with E-state index in [2.05, 4.69) is 34.6 Å². The van der Waals surface area contributed by atoms with Crippen LogP contribution in [0.2, 0.25) is 0 Å². The molecule has 0 amide bonds. The standard InChI is InChI=1S/C10H22N2/c1-7(2)9(5)10(11)12(6)8(3)4/h7-9,11H,1-6H3/t9-/m0/s1. The smallest absolute Gasteiger partial charge is 0.0988 e. The lowest BCUT2D eigenvalue weighted by molar-refractivity contribution is 0.370. The van der Waals surface area contributed by atoms with Crippen LogP contribution < -0.4 is 0 Å². The van der Waals surface area contributed by atoms with Crippen LogP contribution in [-0.4, -0.2) is 23.8 Å². The average Bonchev–Trinajstić information content (AvgIpc) is 2.00. The van der Waals surface area contributed by atoms with Gasteiger partial charge in [-0.25, -0.2) is 0 Å². The molecule has 0 aromatic heterocycles. The van der Waals surface area contributed by atoms with Crippen LogP contribution in [0.5, 0.6) is 0 Å². The highest BCUT2D eigenvalue weighted by Gasteiger charge is 2.17. The highest BCUT2D eigenvalue weighted by molar-refractivity contribution is 5.81. The minimum Gasteiger partial charge on any atom is -0.361 e. The van der Waals surface area contributed by atoms with Crippen molar-refractivity contribution < 1.29 is 0 Å². The molecule has 1 N–H and O–H groups in total. The highest BCUT2D eigenvalue weighted by atomic mass is 15.2. The summed E-state index contributed by atoms with van der Waals surface area (Å²) in [4.78, 5) is 2.03. The molecular formula is C10H22N2. The van der Waals surface area contributed by atoms with E-state index in [1.807, 2.05) is 11.9 Å². The second-order valence-corrected chi connectivity index (χ2v) is 4.12. The number of amidine groups is 1. The van der Waals surface area contributed by atoms with Gasteiger partial charge in [0.25, 0.3) is 0 Å². The Balaban J connectivity index is 4.19. The third kappa shape index (κ3) is 2.84. The van der Waals surface area contributed by atoms with Crippen molar-refractivity contribution in [3.05, 3.63) is 0 Å². The zero-order valence-corrected chi connectivity index (χ0v) is 9.18. The monoisotopic (exact) mass is 170 g/mol. The van der Waals surface area contributed by atoms with E-state index in [1.165, 1.54) is 0 Å². The summed E-state index contributed by atoms with van der Waals surface area (Å²) in [5, 5.41) is 7.89. The molecule has 12 heavy (non-hydrogen) atoms. The third-order valence-electron chi connectivity index (χ3n) is 2.59. The van der Waals surface area contributed by atoms with Crippen molar-refractivity contribution in [1.29, 1.82) is 5.41 Å². The van der Waals surface area contributed by atoms with Crippen LogP contribution in [0.4, 0.5) is 0 Å². The molecule has 0 aliphatic rings. The van der Waals surface area contributed by atoms with Gasteiger partial charge in [-0.3, -0.25) is 5.41 Å². The molecule has 0 unspecified atom stereocenters. The molecule has 72 valence electrons. The van der Waals surface area contributed by atoms with E-state index in [-0.39, 0.29) is 0 Å². The van der Waals surface area contributed by atoms with Crippen LogP contribution in [-0.2, 0) is 0 Å². The van der Waals surface area contributed by atoms with Gasteiger partial charge < -0.3 is 4.90 Å². The van der Waals surface area contributed by atoms with E-state index in [0.717, 1.165) is 5.84 Å². The molecule has 0 radical (unpaired) electrons. The molecule has 0 saturated heterocycles. The van der Waals surface area contributed by atoms with Crippen molar-refractivity contribution in [3.8, 4) is 0 Å². The van der Waals surface area contributed by atoms with Gasteiger partial charge in [0.2, 0.25) is 0 Å². The number of hydrogen-bond acceptors (Lipinski definition) is 1. The van der Waals surface area contributed by atoms with Gasteiger partial charge in [-0.2, -0.15) is 0 Å². The summed E-state index contributed by atoms with van der Waals surface area (Å²) in [7, 11) is 1.99. The number of rotatable bonds is 3. The molecular weight excluding hydrogens is 148 g/mol. The van der Waals surface area contributed by atoms with Crippen molar-refractivity contribution in [2.24, 2.45) is 11.8 Å². The SMILES string of the molecule is CC(C)[C@H](C)C(=N)N(C)C(C)C. The molecule has 0 aromatic carbocycles. The van der Waals surface area contributed by atoms with Gasteiger partial charge in [-0.1, -0.05) is 20.8 Å². The maximum atomic E-state index is 7.89. The first-order valence-electron chi connectivity index (χ1n) is 4.69. The van der Waals surface area contributed by atoms with Crippen LogP contribution in [0.15, 0.2) is 0 Å². The normalized spacial score (nSPS) is 13.7. The average molecular weight is 170 g/mol. The van der Waals surface area contributed by atoms with Gasteiger partial charge >= 0.3 is 0 Å². The second-order valence-electron chi connectivity index (χ2n) is 4.12. The van der Waals surface area contributed by atoms with E-state index in [4.69, 9.17) is 5.41 Å². The summed E-state index contributed by atoms with van der Waals surface area (Å²) in [6.07, 6.45) is 0. The first-order chi connectivity index (χ1) is 5.37. The Morgan fingerprint density at radius 3 is 1.75 bits per heavy atom. The van der Waals surface area contributed by atoms with Crippen LogP contribution in [0.1, 0.15) is 34.6 Å². The Morgan fingerprint density at radius 1 is 1.08 bits per heavy atom. The zero-order chi connectivity index (χ0) is 9.89. The minimum absolute atomic E-state index is 0.359. The van der Waals surface area contributed by atoms with Crippen LogP contribution in [0.25, 0.3) is 0 Å². The van der Waals surface area contributed by atoms with E-state index in [9.17, 15) is 0 Å². The van der Waals surface area contributed by atoms with Crippen molar-refractivity contribution in [1.82, 2.24) is 4.90 Å². The topological polar surface area (TPSA) is 27.1 Å². The highest BCUT2D eigenvalue weighted by Crippen LogP contribution is 2.13. The van der Waals surface area contributed by atoms with Gasteiger partial charge in [0.15, 0.2) is 0 Å². The van der Waals surface area contributed by atoms with Crippen molar-refractivity contribution >= 4 is 5.84 Å². The maximum Gasteiger partial charge on any atom is 0.0988 e. The van der Waals surface area contributed by atoms with Gasteiger partial charge in [-0.05, 0) is 19.8 Å². The van der Waals surface area contributed by atoms with E-state index >= 15 is 0 Å². The molecule has 0 bridgehead atoms. The maximum absolute atomic E-state index is 7.89. The Hall–Kier alpha value is -0.530. The molecule has 0 rings (SSSR count). The predicted octanol–water partition coefficient (Wildman–Crippen LogP) is 2.60. The zero-order valence-electron chi connectivity index (χ0n) is 9.18. The van der Waals surface area contributed by atoms with Crippen molar-refractivity contribution in [2.45, 2.75) is 40.7 Å². The Kier molecular flexibility index (Phi) is 4.29. The van der Waals surface area contributed by atoms with E-state index in [0.29, 0.717) is 17.9 Å². The fourth-order valence-corrected chi connectivity index (χ4v) is 0.915. The molecule has 0 spiro atoms. The number of nitrogens with zero attached hydrogens (tertiary/aromatic N) is 1. The summed E-state index contributed by atoms with van der Waals surface area (Å²) in [5.41, 5.74) is 0. The predicted molar refractivity (Wildman–Crippen MR) is 54.6 cm³/mol. The Bertz CT molecular complexity index is 134. The van der Waals surface area contributed by atoms with Gasteiger partial charge in [0.1, 0.15) is 0 Å². The second kappa shape index (κ2) is 4.48. The molecule has 0 aromatic rings. The lowest BCUT2D eigenvalue weighted by Crippen LogP contribution is -2.37. The molecule has 0 fully saturated rings. The Morgan fingerprint density at radius 2 is 1.50 bits per heavy atom. The molecule has 0 aliphatic carbocycles. The lowest BCUT2D eigenvalue weighted by atomic mass is 9.96.